The molecule has 30 heavy (non-hydrogen) atoms. The van der Waals surface area contributed by atoms with E-state index in [-0.39, 0.29) is 37.0 Å². The Balaban J connectivity index is 1.74. The highest BCUT2D eigenvalue weighted by atomic mass is 35.5. The molecule has 10 heteroatoms. The van der Waals surface area contributed by atoms with Gasteiger partial charge in [-0.2, -0.15) is 4.31 Å². The first-order valence-electron chi connectivity index (χ1n) is 9.16. The van der Waals surface area contributed by atoms with E-state index in [1.54, 1.807) is 23.1 Å². The van der Waals surface area contributed by atoms with E-state index in [9.17, 15) is 13.2 Å². The van der Waals surface area contributed by atoms with E-state index in [0.29, 0.717) is 22.1 Å². The number of halogens is 1. The Bertz CT molecular complexity index is 1040. The van der Waals surface area contributed by atoms with Crippen molar-refractivity contribution in [1.82, 2.24) is 9.21 Å². The zero-order valence-electron chi connectivity index (χ0n) is 16.9. The Morgan fingerprint density at radius 1 is 1.00 bits per heavy atom. The average molecular weight is 471 g/mol. The van der Waals surface area contributed by atoms with E-state index in [1.165, 1.54) is 42.4 Å². The van der Waals surface area contributed by atoms with Gasteiger partial charge >= 0.3 is 0 Å². The third kappa shape index (κ3) is 4.54. The average Bonchev–Trinajstić information content (AvgIpc) is 2.78. The summed E-state index contributed by atoms with van der Waals surface area (Å²) in [6.07, 6.45) is 1.93. The van der Waals surface area contributed by atoms with Crippen LogP contribution in [0, 0.1) is 0 Å². The van der Waals surface area contributed by atoms with Gasteiger partial charge in [0.15, 0.2) is 11.5 Å². The van der Waals surface area contributed by atoms with Crippen molar-refractivity contribution in [3.63, 3.8) is 0 Å². The quantitative estimate of drug-likeness (QED) is 0.603. The van der Waals surface area contributed by atoms with Crippen molar-refractivity contribution in [2.45, 2.75) is 9.79 Å². The molecule has 2 aromatic rings. The van der Waals surface area contributed by atoms with Gasteiger partial charge in [0.05, 0.1) is 29.7 Å². The number of carbonyl (C=O) groups is 1. The molecule has 0 N–H and O–H groups in total. The highest BCUT2D eigenvalue weighted by molar-refractivity contribution is 7.98. The van der Waals surface area contributed by atoms with Gasteiger partial charge in [0.2, 0.25) is 10.0 Å². The Hall–Kier alpha value is -1.94. The standard InChI is InChI=1S/C20H23ClN2O5S2/c1-27-18-7-5-15(13-19(18)28-2)30(25,26)23-10-8-22(9-11-23)20(24)16-12-14(29-3)4-6-17(16)21/h4-7,12-13H,8-11H2,1-3H3. The van der Waals surface area contributed by atoms with Crippen LogP contribution in [0.4, 0.5) is 0 Å². The van der Waals surface area contributed by atoms with Crippen LogP contribution in [0.25, 0.3) is 0 Å². The Morgan fingerprint density at radius 3 is 2.27 bits per heavy atom. The van der Waals surface area contributed by atoms with E-state index in [0.717, 1.165) is 4.90 Å². The second kappa shape index (κ2) is 9.47. The van der Waals surface area contributed by atoms with Gasteiger partial charge in [0, 0.05) is 37.1 Å². The van der Waals surface area contributed by atoms with Crippen molar-refractivity contribution >= 4 is 39.3 Å². The summed E-state index contributed by atoms with van der Waals surface area (Å²) in [4.78, 5) is 15.6. The molecule has 0 saturated carbocycles. The molecule has 0 aliphatic carbocycles. The largest absolute Gasteiger partial charge is 0.493 e. The minimum Gasteiger partial charge on any atom is -0.493 e. The lowest BCUT2D eigenvalue weighted by Gasteiger charge is -2.34. The number of benzene rings is 2. The summed E-state index contributed by atoms with van der Waals surface area (Å²) in [5, 5.41) is 0.387. The van der Waals surface area contributed by atoms with Crippen molar-refractivity contribution in [2.24, 2.45) is 0 Å². The van der Waals surface area contributed by atoms with Crippen LogP contribution in [0.3, 0.4) is 0 Å². The Morgan fingerprint density at radius 2 is 1.67 bits per heavy atom. The fourth-order valence-electron chi connectivity index (χ4n) is 3.22. The third-order valence-corrected chi connectivity index (χ3v) is 7.87. The van der Waals surface area contributed by atoms with Crippen LogP contribution in [0.1, 0.15) is 10.4 Å². The Kier molecular flexibility index (Phi) is 7.18. The lowest BCUT2D eigenvalue weighted by Crippen LogP contribution is -2.50. The molecule has 3 rings (SSSR count). The number of sulfonamides is 1. The molecule has 2 aromatic carbocycles. The summed E-state index contributed by atoms with van der Waals surface area (Å²) >= 11 is 7.74. The molecule has 0 bridgehead atoms. The zero-order valence-corrected chi connectivity index (χ0v) is 19.3. The van der Waals surface area contributed by atoms with Crippen LogP contribution in [0.2, 0.25) is 5.02 Å². The molecule has 0 atom stereocenters. The molecule has 0 spiro atoms. The van der Waals surface area contributed by atoms with Crippen molar-refractivity contribution in [3.8, 4) is 11.5 Å². The monoisotopic (exact) mass is 470 g/mol. The molecule has 0 aromatic heterocycles. The van der Waals surface area contributed by atoms with Crippen molar-refractivity contribution in [2.75, 3.05) is 46.7 Å². The molecule has 1 aliphatic heterocycles. The number of thioether (sulfide) groups is 1. The maximum atomic E-state index is 13.0. The first-order chi connectivity index (χ1) is 14.3. The van der Waals surface area contributed by atoms with E-state index in [1.807, 2.05) is 12.3 Å². The molecule has 7 nitrogen and oxygen atoms in total. The van der Waals surface area contributed by atoms with Gasteiger partial charge in [-0.3, -0.25) is 4.79 Å². The number of nitrogens with zero attached hydrogens (tertiary/aromatic N) is 2. The van der Waals surface area contributed by atoms with E-state index < -0.39 is 10.0 Å². The predicted octanol–water partition coefficient (Wildman–Crippen LogP) is 3.23. The molecular formula is C20H23ClN2O5S2. The predicted molar refractivity (Wildman–Crippen MR) is 117 cm³/mol. The van der Waals surface area contributed by atoms with Crippen LogP contribution in [0.15, 0.2) is 46.2 Å². The Labute approximate surface area is 185 Å². The summed E-state index contributed by atoms with van der Waals surface area (Å²) in [5.74, 6) is 0.603. The lowest BCUT2D eigenvalue weighted by molar-refractivity contribution is 0.0698. The third-order valence-electron chi connectivity index (χ3n) is 4.92. The normalized spacial score (nSPS) is 15.1. The first kappa shape index (κ1) is 22.7. The van der Waals surface area contributed by atoms with Crippen LogP contribution >= 0.6 is 23.4 Å². The van der Waals surface area contributed by atoms with Gasteiger partial charge in [0.25, 0.3) is 5.91 Å². The number of carbonyl (C=O) groups excluding carboxylic acids is 1. The fourth-order valence-corrected chi connectivity index (χ4v) is 5.30. The molecule has 0 radical (unpaired) electrons. The fraction of sp³-hybridized carbons (Fsp3) is 0.350. The van der Waals surface area contributed by atoms with Crippen molar-refractivity contribution < 1.29 is 22.7 Å². The number of ether oxygens (including phenoxy) is 2. The first-order valence-corrected chi connectivity index (χ1v) is 12.2. The van der Waals surface area contributed by atoms with Gasteiger partial charge in [-0.1, -0.05) is 11.6 Å². The van der Waals surface area contributed by atoms with Gasteiger partial charge in [0.1, 0.15) is 0 Å². The molecule has 1 amide bonds. The molecule has 162 valence electrons. The molecule has 0 unspecified atom stereocenters. The highest BCUT2D eigenvalue weighted by Crippen LogP contribution is 2.31. The van der Waals surface area contributed by atoms with Crippen LogP contribution in [-0.2, 0) is 10.0 Å². The summed E-state index contributed by atoms with van der Waals surface area (Å²) in [6, 6.07) is 9.82. The van der Waals surface area contributed by atoms with Gasteiger partial charge in [-0.05, 0) is 36.6 Å². The molecule has 1 aliphatic rings. The second-order valence-electron chi connectivity index (χ2n) is 6.56. The number of amides is 1. The molecule has 1 heterocycles. The minimum absolute atomic E-state index is 0.121. The SMILES string of the molecule is COc1ccc(S(=O)(=O)N2CCN(C(=O)c3cc(SC)ccc3Cl)CC2)cc1OC. The second-order valence-corrected chi connectivity index (χ2v) is 9.78. The maximum absolute atomic E-state index is 13.0. The minimum atomic E-state index is -3.72. The summed E-state index contributed by atoms with van der Waals surface area (Å²) in [5.41, 5.74) is 0.430. The van der Waals surface area contributed by atoms with Gasteiger partial charge in [-0.25, -0.2) is 8.42 Å². The number of piperazine rings is 1. The molecular weight excluding hydrogens is 448 g/mol. The number of rotatable bonds is 6. The van der Waals surface area contributed by atoms with E-state index in [2.05, 4.69) is 0 Å². The summed E-state index contributed by atoms with van der Waals surface area (Å²) < 4.78 is 37.8. The maximum Gasteiger partial charge on any atom is 0.255 e. The smallest absolute Gasteiger partial charge is 0.255 e. The lowest BCUT2D eigenvalue weighted by atomic mass is 10.2. The molecule has 1 saturated heterocycles. The van der Waals surface area contributed by atoms with Crippen LogP contribution in [0.5, 0.6) is 11.5 Å². The van der Waals surface area contributed by atoms with Crippen molar-refractivity contribution in [1.29, 1.82) is 0 Å². The van der Waals surface area contributed by atoms with E-state index in [4.69, 9.17) is 21.1 Å². The summed E-state index contributed by atoms with van der Waals surface area (Å²) in [7, 11) is -0.778. The zero-order chi connectivity index (χ0) is 21.9. The molecule has 1 fully saturated rings. The van der Waals surface area contributed by atoms with Gasteiger partial charge < -0.3 is 14.4 Å². The van der Waals surface area contributed by atoms with E-state index >= 15 is 0 Å². The van der Waals surface area contributed by atoms with Crippen LogP contribution in [-0.4, -0.2) is 70.2 Å². The number of hydrogen-bond donors (Lipinski definition) is 0. The topological polar surface area (TPSA) is 76.2 Å². The number of hydrogen-bond acceptors (Lipinski definition) is 6. The van der Waals surface area contributed by atoms with Gasteiger partial charge in [-0.15, -0.1) is 11.8 Å². The highest BCUT2D eigenvalue weighted by Gasteiger charge is 2.31. The van der Waals surface area contributed by atoms with Crippen molar-refractivity contribution in [3.05, 3.63) is 47.0 Å². The van der Waals surface area contributed by atoms with Crippen LogP contribution < -0.4 is 9.47 Å². The summed E-state index contributed by atoms with van der Waals surface area (Å²) in [6.45, 7) is 0.959. The number of methoxy groups -OCH3 is 2.